The van der Waals surface area contributed by atoms with Gasteiger partial charge in [-0.2, -0.15) is 5.10 Å². The van der Waals surface area contributed by atoms with Crippen molar-refractivity contribution in [1.29, 1.82) is 0 Å². The molecule has 2 aromatic heterocycles. The number of amides is 1. The normalized spacial score (nSPS) is 10.6. The molecule has 0 unspecified atom stereocenters. The van der Waals surface area contributed by atoms with Gasteiger partial charge in [0, 0.05) is 18.0 Å². The van der Waals surface area contributed by atoms with E-state index in [1.807, 2.05) is 18.2 Å². The summed E-state index contributed by atoms with van der Waals surface area (Å²) >= 11 is 0. The van der Waals surface area contributed by atoms with Crippen LogP contribution in [0.2, 0.25) is 0 Å². The SMILES string of the molecule is O=C(Cc1c(F)cccc1F)Nc1cnn(Cc2ccccn2)c1. The first kappa shape index (κ1) is 15.8. The second-order valence-electron chi connectivity index (χ2n) is 5.17. The van der Waals surface area contributed by atoms with E-state index >= 15 is 0 Å². The summed E-state index contributed by atoms with van der Waals surface area (Å²) in [4.78, 5) is 16.1. The molecule has 0 fully saturated rings. The average molecular weight is 328 g/mol. The molecule has 0 spiro atoms. The summed E-state index contributed by atoms with van der Waals surface area (Å²) in [7, 11) is 0. The van der Waals surface area contributed by atoms with Gasteiger partial charge < -0.3 is 5.32 Å². The van der Waals surface area contributed by atoms with Crippen molar-refractivity contribution < 1.29 is 13.6 Å². The molecule has 0 bridgehead atoms. The zero-order valence-corrected chi connectivity index (χ0v) is 12.6. The Balaban J connectivity index is 1.63. The number of benzene rings is 1. The minimum Gasteiger partial charge on any atom is -0.323 e. The third kappa shape index (κ3) is 3.81. The highest BCUT2D eigenvalue weighted by molar-refractivity contribution is 5.92. The molecule has 3 rings (SSSR count). The van der Waals surface area contributed by atoms with Gasteiger partial charge in [0.1, 0.15) is 11.6 Å². The molecule has 0 aliphatic carbocycles. The maximum Gasteiger partial charge on any atom is 0.229 e. The lowest BCUT2D eigenvalue weighted by molar-refractivity contribution is -0.115. The van der Waals surface area contributed by atoms with E-state index in [2.05, 4.69) is 15.4 Å². The molecule has 24 heavy (non-hydrogen) atoms. The van der Waals surface area contributed by atoms with E-state index in [1.165, 1.54) is 12.3 Å². The molecule has 122 valence electrons. The van der Waals surface area contributed by atoms with Crippen molar-refractivity contribution in [3.63, 3.8) is 0 Å². The number of nitrogens with zero attached hydrogens (tertiary/aromatic N) is 3. The third-order valence-corrected chi connectivity index (χ3v) is 3.37. The number of carbonyl (C=O) groups excluding carboxylic acids is 1. The number of rotatable bonds is 5. The van der Waals surface area contributed by atoms with Gasteiger partial charge in [0.05, 0.1) is 30.5 Å². The van der Waals surface area contributed by atoms with E-state index < -0.39 is 17.5 Å². The maximum absolute atomic E-state index is 13.6. The summed E-state index contributed by atoms with van der Waals surface area (Å²) in [6.45, 7) is 0.457. The highest BCUT2D eigenvalue weighted by atomic mass is 19.1. The van der Waals surface area contributed by atoms with Gasteiger partial charge in [-0.3, -0.25) is 14.5 Å². The fraction of sp³-hybridized carbons (Fsp3) is 0.118. The van der Waals surface area contributed by atoms with E-state index in [9.17, 15) is 13.6 Å². The van der Waals surface area contributed by atoms with Crippen LogP contribution < -0.4 is 5.32 Å². The van der Waals surface area contributed by atoms with Gasteiger partial charge in [-0.1, -0.05) is 12.1 Å². The number of pyridine rings is 1. The fourth-order valence-electron chi connectivity index (χ4n) is 2.24. The Labute approximate surface area is 137 Å². The lowest BCUT2D eigenvalue weighted by Crippen LogP contribution is -2.16. The minimum atomic E-state index is -0.740. The number of carbonyl (C=O) groups is 1. The van der Waals surface area contributed by atoms with Crippen LogP contribution in [0.25, 0.3) is 0 Å². The van der Waals surface area contributed by atoms with Crippen LogP contribution >= 0.6 is 0 Å². The molecular formula is C17H14F2N4O. The van der Waals surface area contributed by atoms with Crippen molar-refractivity contribution in [1.82, 2.24) is 14.8 Å². The molecule has 0 saturated heterocycles. The van der Waals surface area contributed by atoms with Crippen molar-refractivity contribution in [3.05, 3.63) is 77.9 Å². The number of halogens is 2. The largest absolute Gasteiger partial charge is 0.323 e. The number of nitrogens with one attached hydrogen (secondary N) is 1. The number of anilines is 1. The van der Waals surface area contributed by atoms with Crippen LogP contribution in [-0.4, -0.2) is 20.7 Å². The first-order valence-corrected chi connectivity index (χ1v) is 7.27. The molecule has 0 aliphatic rings. The summed E-state index contributed by atoms with van der Waals surface area (Å²) < 4.78 is 28.7. The second kappa shape index (κ2) is 6.99. The highest BCUT2D eigenvalue weighted by Gasteiger charge is 2.13. The second-order valence-corrected chi connectivity index (χ2v) is 5.17. The molecule has 0 aliphatic heterocycles. The average Bonchev–Trinajstić information content (AvgIpc) is 2.99. The van der Waals surface area contributed by atoms with Crippen LogP contribution in [0.15, 0.2) is 55.0 Å². The monoisotopic (exact) mass is 328 g/mol. The van der Waals surface area contributed by atoms with Crippen molar-refractivity contribution in [2.45, 2.75) is 13.0 Å². The molecule has 1 aromatic carbocycles. The number of hydrogen-bond acceptors (Lipinski definition) is 3. The summed E-state index contributed by atoms with van der Waals surface area (Å²) in [6.07, 6.45) is 4.40. The van der Waals surface area contributed by atoms with Crippen LogP contribution in [0.3, 0.4) is 0 Å². The maximum atomic E-state index is 13.6. The Morgan fingerprint density at radius 3 is 2.62 bits per heavy atom. The fourth-order valence-corrected chi connectivity index (χ4v) is 2.24. The molecule has 1 amide bonds. The van der Waals surface area contributed by atoms with Crippen LogP contribution in [0.1, 0.15) is 11.3 Å². The zero-order valence-electron chi connectivity index (χ0n) is 12.6. The summed E-state index contributed by atoms with van der Waals surface area (Å²) in [5.41, 5.74) is 1.02. The van der Waals surface area contributed by atoms with Crippen molar-refractivity contribution >= 4 is 11.6 Å². The van der Waals surface area contributed by atoms with E-state index in [0.29, 0.717) is 12.2 Å². The molecule has 5 nitrogen and oxygen atoms in total. The summed E-state index contributed by atoms with van der Waals surface area (Å²) in [5.74, 6) is -2.00. The quantitative estimate of drug-likeness (QED) is 0.783. The van der Waals surface area contributed by atoms with Gasteiger partial charge in [-0.15, -0.1) is 0 Å². The van der Waals surface area contributed by atoms with Gasteiger partial charge in [0.15, 0.2) is 0 Å². The van der Waals surface area contributed by atoms with Crippen LogP contribution in [0.4, 0.5) is 14.5 Å². The molecule has 1 N–H and O–H groups in total. The van der Waals surface area contributed by atoms with Crippen LogP contribution in [0.5, 0.6) is 0 Å². The Bertz CT molecular complexity index is 829. The molecular weight excluding hydrogens is 314 g/mol. The molecule has 0 atom stereocenters. The Morgan fingerprint density at radius 1 is 1.12 bits per heavy atom. The van der Waals surface area contributed by atoms with E-state index in [4.69, 9.17) is 0 Å². The predicted molar refractivity (Wildman–Crippen MR) is 84.3 cm³/mol. The Hall–Kier alpha value is -3.09. The molecule has 7 heteroatoms. The topological polar surface area (TPSA) is 59.8 Å². The van der Waals surface area contributed by atoms with E-state index in [0.717, 1.165) is 17.8 Å². The first-order chi connectivity index (χ1) is 11.6. The molecule has 2 heterocycles. The van der Waals surface area contributed by atoms with Crippen molar-refractivity contribution in [2.75, 3.05) is 5.32 Å². The molecule has 0 radical (unpaired) electrons. The lowest BCUT2D eigenvalue weighted by atomic mass is 10.1. The predicted octanol–water partition coefficient (Wildman–Crippen LogP) is 2.79. The van der Waals surface area contributed by atoms with Gasteiger partial charge in [0.2, 0.25) is 5.91 Å². The van der Waals surface area contributed by atoms with Crippen LogP contribution in [-0.2, 0) is 17.8 Å². The highest BCUT2D eigenvalue weighted by Crippen LogP contribution is 2.14. The number of aromatic nitrogens is 3. The minimum absolute atomic E-state index is 0.254. The summed E-state index contributed by atoms with van der Waals surface area (Å²) in [6, 6.07) is 9.05. The van der Waals surface area contributed by atoms with Crippen molar-refractivity contribution in [2.24, 2.45) is 0 Å². The first-order valence-electron chi connectivity index (χ1n) is 7.27. The standard InChI is InChI=1S/C17H14F2N4O/c18-15-5-3-6-16(19)14(15)8-17(24)22-13-9-21-23(11-13)10-12-4-1-2-7-20-12/h1-7,9,11H,8,10H2,(H,22,24). The Kier molecular flexibility index (Phi) is 4.60. The Morgan fingerprint density at radius 2 is 1.92 bits per heavy atom. The van der Waals surface area contributed by atoms with E-state index in [-0.39, 0.29) is 12.0 Å². The molecule has 3 aromatic rings. The smallest absolute Gasteiger partial charge is 0.229 e. The van der Waals surface area contributed by atoms with E-state index in [1.54, 1.807) is 17.1 Å². The van der Waals surface area contributed by atoms with Gasteiger partial charge in [-0.05, 0) is 24.3 Å². The van der Waals surface area contributed by atoms with Gasteiger partial charge >= 0.3 is 0 Å². The van der Waals surface area contributed by atoms with Crippen molar-refractivity contribution in [3.8, 4) is 0 Å². The molecule has 0 saturated carbocycles. The summed E-state index contributed by atoms with van der Waals surface area (Å²) in [5, 5.41) is 6.70. The van der Waals surface area contributed by atoms with Gasteiger partial charge in [0.25, 0.3) is 0 Å². The van der Waals surface area contributed by atoms with Gasteiger partial charge in [-0.25, -0.2) is 8.78 Å². The lowest BCUT2D eigenvalue weighted by Gasteiger charge is -2.05. The third-order valence-electron chi connectivity index (χ3n) is 3.37. The number of hydrogen-bond donors (Lipinski definition) is 1. The zero-order chi connectivity index (χ0) is 16.9. The van der Waals surface area contributed by atoms with Crippen LogP contribution in [0, 0.1) is 11.6 Å².